The summed E-state index contributed by atoms with van der Waals surface area (Å²) in [5.74, 6) is 1.25. The van der Waals surface area contributed by atoms with E-state index in [1.165, 1.54) is 10.2 Å². The van der Waals surface area contributed by atoms with Crippen LogP contribution in [-0.4, -0.2) is 43.0 Å². The quantitative estimate of drug-likeness (QED) is 0.712. The maximum absolute atomic E-state index is 10.2. The summed E-state index contributed by atoms with van der Waals surface area (Å²) in [6, 6.07) is 13.3. The SMILES string of the molecule is CCc1ccc(OCC(O)Cn2nnnc2-c2ccccn2)cc1. The first kappa shape index (κ1) is 16.1. The molecule has 0 amide bonds. The lowest BCUT2D eigenvalue weighted by molar-refractivity contribution is 0.0892. The maximum Gasteiger partial charge on any atom is 0.200 e. The van der Waals surface area contributed by atoms with E-state index in [-0.39, 0.29) is 13.2 Å². The van der Waals surface area contributed by atoms with Crippen molar-refractivity contribution in [2.45, 2.75) is 26.0 Å². The van der Waals surface area contributed by atoms with Gasteiger partial charge in [-0.05, 0) is 46.7 Å². The number of tetrazole rings is 1. The first-order valence-electron chi connectivity index (χ1n) is 7.83. The van der Waals surface area contributed by atoms with E-state index in [2.05, 4.69) is 27.4 Å². The van der Waals surface area contributed by atoms with E-state index in [1.807, 2.05) is 42.5 Å². The van der Waals surface area contributed by atoms with Gasteiger partial charge < -0.3 is 9.84 Å². The number of aromatic nitrogens is 5. The molecule has 24 heavy (non-hydrogen) atoms. The minimum absolute atomic E-state index is 0.160. The molecular weight excluding hydrogens is 306 g/mol. The van der Waals surface area contributed by atoms with E-state index in [9.17, 15) is 5.11 Å². The smallest absolute Gasteiger partial charge is 0.200 e. The second kappa shape index (κ2) is 7.65. The molecule has 0 aliphatic rings. The summed E-state index contributed by atoms with van der Waals surface area (Å²) < 4.78 is 7.14. The van der Waals surface area contributed by atoms with Crippen molar-refractivity contribution in [1.29, 1.82) is 0 Å². The Kier molecular flexibility index (Phi) is 5.12. The fraction of sp³-hybridized carbons (Fsp3) is 0.294. The highest BCUT2D eigenvalue weighted by molar-refractivity contribution is 5.47. The Hall–Kier alpha value is -2.80. The molecule has 0 saturated carbocycles. The number of hydrogen-bond donors (Lipinski definition) is 1. The molecule has 0 spiro atoms. The number of pyridine rings is 1. The third-order valence-corrected chi connectivity index (χ3v) is 3.58. The summed E-state index contributed by atoms with van der Waals surface area (Å²) in [5.41, 5.74) is 1.90. The van der Waals surface area contributed by atoms with Gasteiger partial charge in [-0.25, -0.2) is 4.68 Å². The molecule has 0 aliphatic heterocycles. The van der Waals surface area contributed by atoms with Crippen LogP contribution in [0.4, 0.5) is 0 Å². The van der Waals surface area contributed by atoms with Gasteiger partial charge in [0.1, 0.15) is 24.2 Å². The van der Waals surface area contributed by atoms with Crippen LogP contribution in [0, 0.1) is 0 Å². The van der Waals surface area contributed by atoms with Gasteiger partial charge in [-0.15, -0.1) is 5.10 Å². The molecule has 1 N–H and O–H groups in total. The summed E-state index contributed by atoms with van der Waals surface area (Å²) >= 11 is 0. The molecule has 7 nitrogen and oxygen atoms in total. The second-order valence-corrected chi connectivity index (χ2v) is 5.36. The zero-order valence-corrected chi connectivity index (χ0v) is 13.4. The minimum atomic E-state index is -0.734. The lowest BCUT2D eigenvalue weighted by Crippen LogP contribution is -2.24. The number of hydrogen-bond acceptors (Lipinski definition) is 6. The third kappa shape index (κ3) is 3.94. The van der Waals surface area contributed by atoms with Crippen LogP contribution >= 0.6 is 0 Å². The van der Waals surface area contributed by atoms with Gasteiger partial charge in [0.25, 0.3) is 0 Å². The number of ether oxygens (including phenoxy) is 1. The van der Waals surface area contributed by atoms with Crippen molar-refractivity contribution < 1.29 is 9.84 Å². The lowest BCUT2D eigenvalue weighted by atomic mass is 10.2. The van der Waals surface area contributed by atoms with E-state index in [0.717, 1.165) is 12.2 Å². The Morgan fingerprint density at radius 1 is 1.17 bits per heavy atom. The lowest BCUT2D eigenvalue weighted by Gasteiger charge is -2.13. The zero-order chi connectivity index (χ0) is 16.8. The van der Waals surface area contributed by atoms with Crippen LogP contribution in [0.15, 0.2) is 48.7 Å². The van der Waals surface area contributed by atoms with E-state index in [1.54, 1.807) is 6.20 Å². The van der Waals surface area contributed by atoms with Crippen molar-refractivity contribution in [1.82, 2.24) is 25.2 Å². The first-order valence-corrected chi connectivity index (χ1v) is 7.83. The van der Waals surface area contributed by atoms with Crippen molar-refractivity contribution in [3.63, 3.8) is 0 Å². The van der Waals surface area contributed by atoms with Crippen LogP contribution < -0.4 is 4.74 Å². The van der Waals surface area contributed by atoms with Gasteiger partial charge in [0, 0.05) is 6.20 Å². The molecule has 7 heteroatoms. The molecule has 0 radical (unpaired) electrons. The van der Waals surface area contributed by atoms with Gasteiger partial charge >= 0.3 is 0 Å². The summed E-state index contributed by atoms with van der Waals surface area (Å²) in [4.78, 5) is 4.22. The number of nitrogens with zero attached hydrogens (tertiary/aromatic N) is 5. The Labute approximate surface area is 139 Å². The maximum atomic E-state index is 10.2. The molecule has 1 unspecified atom stereocenters. The average molecular weight is 325 g/mol. The van der Waals surface area contributed by atoms with Crippen LogP contribution in [-0.2, 0) is 13.0 Å². The molecule has 3 rings (SSSR count). The summed E-state index contributed by atoms with van der Waals surface area (Å²) in [7, 11) is 0. The zero-order valence-electron chi connectivity index (χ0n) is 13.4. The second-order valence-electron chi connectivity index (χ2n) is 5.36. The number of aliphatic hydroxyl groups excluding tert-OH is 1. The van der Waals surface area contributed by atoms with Crippen molar-refractivity contribution in [3.05, 3.63) is 54.2 Å². The Morgan fingerprint density at radius 2 is 2.00 bits per heavy atom. The van der Waals surface area contributed by atoms with Crippen LogP contribution in [0.5, 0.6) is 5.75 Å². The first-order chi connectivity index (χ1) is 11.8. The molecule has 2 heterocycles. The van der Waals surface area contributed by atoms with E-state index >= 15 is 0 Å². The van der Waals surface area contributed by atoms with Gasteiger partial charge in [-0.2, -0.15) is 0 Å². The summed E-state index contributed by atoms with van der Waals surface area (Å²) in [5, 5.41) is 21.7. The fourth-order valence-electron chi connectivity index (χ4n) is 2.27. The van der Waals surface area contributed by atoms with Crippen molar-refractivity contribution >= 4 is 0 Å². The van der Waals surface area contributed by atoms with Crippen LogP contribution in [0.1, 0.15) is 12.5 Å². The normalized spacial score (nSPS) is 12.1. The molecule has 0 fully saturated rings. The Bertz CT molecular complexity index is 758. The molecular formula is C17H19N5O2. The minimum Gasteiger partial charge on any atom is -0.491 e. The van der Waals surface area contributed by atoms with Crippen molar-refractivity contribution in [2.75, 3.05) is 6.61 Å². The highest BCUT2D eigenvalue weighted by atomic mass is 16.5. The average Bonchev–Trinajstić information content (AvgIpc) is 3.09. The topological polar surface area (TPSA) is 86.0 Å². The molecule has 3 aromatic rings. The van der Waals surface area contributed by atoms with Gasteiger partial charge in [0.2, 0.25) is 5.82 Å². The number of aryl methyl sites for hydroxylation is 1. The van der Waals surface area contributed by atoms with Crippen LogP contribution in [0.2, 0.25) is 0 Å². The monoisotopic (exact) mass is 325 g/mol. The van der Waals surface area contributed by atoms with Crippen molar-refractivity contribution in [2.24, 2.45) is 0 Å². The van der Waals surface area contributed by atoms with E-state index in [0.29, 0.717) is 11.5 Å². The van der Waals surface area contributed by atoms with Gasteiger partial charge in [-0.3, -0.25) is 4.98 Å². The molecule has 124 valence electrons. The third-order valence-electron chi connectivity index (χ3n) is 3.58. The van der Waals surface area contributed by atoms with E-state index in [4.69, 9.17) is 4.74 Å². The van der Waals surface area contributed by atoms with E-state index < -0.39 is 6.10 Å². The molecule has 1 atom stereocenters. The molecule has 1 aromatic carbocycles. The molecule has 0 saturated heterocycles. The number of benzene rings is 1. The van der Waals surface area contributed by atoms with Crippen LogP contribution in [0.3, 0.4) is 0 Å². The number of aliphatic hydroxyl groups is 1. The number of rotatable bonds is 7. The predicted molar refractivity (Wildman–Crippen MR) is 88.4 cm³/mol. The van der Waals surface area contributed by atoms with Gasteiger partial charge in [-0.1, -0.05) is 25.1 Å². The Morgan fingerprint density at radius 3 is 2.71 bits per heavy atom. The summed E-state index contributed by atoms with van der Waals surface area (Å²) in [6.45, 7) is 2.49. The standard InChI is InChI=1S/C17H19N5O2/c1-2-13-6-8-15(9-7-13)24-12-14(23)11-22-17(19-20-21-22)16-5-3-4-10-18-16/h3-10,14,23H,2,11-12H2,1H3. The predicted octanol–water partition coefficient (Wildman–Crippen LogP) is 1.74. The highest BCUT2D eigenvalue weighted by Gasteiger charge is 2.14. The fourth-order valence-corrected chi connectivity index (χ4v) is 2.27. The highest BCUT2D eigenvalue weighted by Crippen LogP contribution is 2.14. The molecule has 0 bridgehead atoms. The van der Waals surface area contributed by atoms with Gasteiger partial charge in [0.15, 0.2) is 0 Å². The largest absolute Gasteiger partial charge is 0.491 e. The molecule has 0 aliphatic carbocycles. The van der Waals surface area contributed by atoms with Gasteiger partial charge in [0.05, 0.1) is 6.54 Å². The van der Waals surface area contributed by atoms with Crippen LogP contribution in [0.25, 0.3) is 11.5 Å². The Balaban J connectivity index is 1.59. The van der Waals surface area contributed by atoms with Crippen molar-refractivity contribution in [3.8, 4) is 17.3 Å². The molecule has 2 aromatic heterocycles. The summed E-state index contributed by atoms with van der Waals surface area (Å²) in [6.07, 6.45) is 1.92.